The molecule has 0 amide bonds. The number of nitrogens with two attached hydrogens (primary N) is 1. The third-order valence-corrected chi connectivity index (χ3v) is 4.68. The molecule has 2 nitrogen and oxygen atoms in total. The Labute approximate surface area is 118 Å². The smallest absolute Gasteiger partial charge is 0.0417 e. The highest BCUT2D eigenvalue weighted by Gasteiger charge is 2.30. The molecule has 1 fully saturated rings. The molecule has 4 atom stereocenters. The molecule has 1 aliphatic heterocycles. The molecule has 0 bridgehead atoms. The van der Waals surface area contributed by atoms with Crippen molar-refractivity contribution >= 4 is 5.69 Å². The van der Waals surface area contributed by atoms with E-state index in [1.165, 1.54) is 17.7 Å². The van der Waals surface area contributed by atoms with Gasteiger partial charge in [0.1, 0.15) is 0 Å². The van der Waals surface area contributed by atoms with Crippen LogP contribution in [0.2, 0.25) is 0 Å². The van der Waals surface area contributed by atoms with Crippen LogP contribution < -0.4 is 10.6 Å². The van der Waals surface area contributed by atoms with Gasteiger partial charge in [0.2, 0.25) is 0 Å². The summed E-state index contributed by atoms with van der Waals surface area (Å²) in [4.78, 5) is 2.57. The summed E-state index contributed by atoms with van der Waals surface area (Å²) in [6, 6.07) is 9.43. The van der Waals surface area contributed by atoms with Gasteiger partial charge in [-0.2, -0.15) is 0 Å². The average Bonchev–Trinajstić information content (AvgIpc) is 2.42. The zero-order valence-corrected chi connectivity index (χ0v) is 12.8. The summed E-state index contributed by atoms with van der Waals surface area (Å²) in [5, 5.41) is 0. The SMILES string of the molecule is CC[C@H](N)c1ccccc1N1CC(C)CC(C)C1C. The van der Waals surface area contributed by atoms with Gasteiger partial charge in [-0.15, -0.1) is 0 Å². The number of para-hydroxylation sites is 1. The Morgan fingerprint density at radius 3 is 2.63 bits per heavy atom. The molecule has 0 radical (unpaired) electrons. The highest BCUT2D eigenvalue weighted by Crippen LogP contribution is 2.35. The summed E-state index contributed by atoms with van der Waals surface area (Å²) in [5.41, 5.74) is 8.94. The van der Waals surface area contributed by atoms with Crippen LogP contribution in [-0.4, -0.2) is 12.6 Å². The van der Waals surface area contributed by atoms with Crippen molar-refractivity contribution in [2.45, 2.75) is 52.6 Å². The molecule has 0 aromatic heterocycles. The van der Waals surface area contributed by atoms with Crippen molar-refractivity contribution in [2.75, 3.05) is 11.4 Å². The van der Waals surface area contributed by atoms with E-state index in [4.69, 9.17) is 5.73 Å². The fourth-order valence-electron chi connectivity index (χ4n) is 3.32. The van der Waals surface area contributed by atoms with Crippen LogP contribution in [0.5, 0.6) is 0 Å². The van der Waals surface area contributed by atoms with E-state index in [2.05, 4.69) is 56.9 Å². The molecule has 1 heterocycles. The van der Waals surface area contributed by atoms with Crippen LogP contribution in [0.15, 0.2) is 24.3 Å². The first-order valence-corrected chi connectivity index (χ1v) is 7.65. The average molecular weight is 260 g/mol. The Morgan fingerprint density at radius 1 is 1.26 bits per heavy atom. The highest BCUT2D eigenvalue weighted by molar-refractivity contribution is 5.56. The molecule has 0 saturated carbocycles. The normalized spacial score (nSPS) is 29.3. The molecule has 106 valence electrons. The first kappa shape index (κ1) is 14.4. The quantitative estimate of drug-likeness (QED) is 0.891. The lowest BCUT2D eigenvalue weighted by molar-refractivity contribution is 0.296. The summed E-state index contributed by atoms with van der Waals surface area (Å²) in [6.45, 7) is 10.4. The molecule has 3 unspecified atom stereocenters. The Balaban J connectivity index is 2.34. The van der Waals surface area contributed by atoms with Gasteiger partial charge >= 0.3 is 0 Å². The van der Waals surface area contributed by atoms with Gasteiger partial charge in [0.05, 0.1) is 0 Å². The number of hydrogen-bond donors (Lipinski definition) is 1. The maximum absolute atomic E-state index is 6.29. The maximum atomic E-state index is 6.29. The second-order valence-corrected chi connectivity index (χ2v) is 6.28. The molecule has 2 rings (SSSR count). The van der Waals surface area contributed by atoms with Crippen molar-refractivity contribution in [3.63, 3.8) is 0 Å². The zero-order valence-electron chi connectivity index (χ0n) is 12.8. The van der Waals surface area contributed by atoms with Crippen LogP contribution >= 0.6 is 0 Å². The van der Waals surface area contributed by atoms with E-state index >= 15 is 0 Å². The van der Waals surface area contributed by atoms with Crippen LogP contribution in [0.1, 0.15) is 52.1 Å². The van der Waals surface area contributed by atoms with Gasteiger partial charge < -0.3 is 10.6 Å². The fourth-order valence-corrected chi connectivity index (χ4v) is 3.32. The van der Waals surface area contributed by atoms with Crippen molar-refractivity contribution in [1.29, 1.82) is 0 Å². The molecular formula is C17H28N2. The first-order valence-electron chi connectivity index (χ1n) is 7.65. The number of hydrogen-bond acceptors (Lipinski definition) is 2. The van der Waals surface area contributed by atoms with Crippen molar-refractivity contribution < 1.29 is 0 Å². The highest BCUT2D eigenvalue weighted by atomic mass is 15.2. The van der Waals surface area contributed by atoms with Crippen LogP contribution in [0.4, 0.5) is 5.69 Å². The van der Waals surface area contributed by atoms with Gasteiger partial charge in [-0.1, -0.05) is 39.0 Å². The summed E-state index contributed by atoms with van der Waals surface area (Å²) in [5.74, 6) is 1.51. The second kappa shape index (κ2) is 5.96. The Morgan fingerprint density at radius 2 is 1.95 bits per heavy atom. The van der Waals surface area contributed by atoms with Crippen molar-refractivity contribution in [3.8, 4) is 0 Å². The topological polar surface area (TPSA) is 29.3 Å². The first-order chi connectivity index (χ1) is 9.04. The van der Waals surface area contributed by atoms with E-state index in [-0.39, 0.29) is 6.04 Å². The predicted octanol–water partition coefficient (Wildman–Crippen LogP) is 3.97. The minimum atomic E-state index is 0.149. The van der Waals surface area contributed by atoms with E-state index in [9.17, 15) is 0 Å². The Hall–Kier alpha value is -1.02. The summed E-state index contributed by atoms with van der Waals surface area (Å²) < 4.78 is 0. The van der Waals surface area contributed by atoms with Gasteiger partial charge in [-0.25, -0.2) is 0 Å². The molecule has 2 heteroatoms. The molecule has 19 heavy (non-hydrogen) atoms. The lowest BCUT2D eigenvalue weighted by Crippen LogP contribution is -2.46. The molecule has 1 saturated heterocycles. The zero-order chi connectivity index (χ0) is 14.0. The molecule has 0 aliphatic carbocycles. The summed E-state index contributed by atoms with van der Waals surface area (Å²) in [6.07, 6.45) is 2.32. The third-order valence-electron chi connectivity index (χ3n) is 4.68. The maximum Gasteiger partial charge on any atom is 0.0417 e. The number of anilines is 1. The second-order valence-electron chi connectivity index (χ2n) is 6.28. The predicted molar refractivity (Wildman–Crippen MR) is 83.4 cm³/mol. The lowest BCUT2D eigenvalue weighted by Gasteiger charge is -2.43. The molecule has 0 spiro atoms. The third kappa shape index (κ3) is 2.94. The lowest BCUT2D eigenvalue weighted by atomic mass is 9.85. The Kier molecular flexibility index (Phi) is 4.51. The Bertz CT molecular complexity index is 415. The van der Waals surface area contributed by atoms with Gasteiger partial charge in [0, 0.05) is 24.3 Å². The van der Waals surface area contributed by atoms with Crippen molar-refractivity contribution in [3.05, 3.63) is 29.8 Å². The van der Waals surface area contributed by atoms with Gasteiger partial charge in [-0.3, -0.25) is 0 Å². The summed E-state index contributed by atoms with van der Waals surface area (Å²) >= 11 is 0. The molecule has 1 aliphatic rings. The number of nitrogens with zero attached hydrogens (tertiary/aromatic N) is 1. The molecule has 1 aromatic carbocycles. The van der Waals surface area contributed by atoms with E-state index in [0.29, 0.717) is 6.04 Å². The largest absolute Gasteiger partial charge is 0.368 e. The van der Waals surface area contributed by atoms with E-state index < -0.39 is 0 Å². The van der Waals surface area contributed by atoms with E-state index in [1.807, 2.05) is 0 Å². The van der Waals surface area contributed by atoms with Gasteiger partial charge in [-0.05, 0) is 43.2 Å². The van der Waals surface area contributed by atoms with Crippen LogP contribution in [-0.2, 0) is 0 Å². The standard InChI is InChI=1S/C17H28N2/c1-5-16(18)15-8-6-7-9-17(15)19-11-12(2)10-13(3)14(19)4/h6-9,12-14,16H,5,10-11,18H2,1-4H3/t12?,13?,14?,16-/m0/s1. The van der Waals surface area contributed by atoms with Crippen LogP contribution in [0, 0.1) is 11.8 Å². The molecule has 1 aromatic rings. The number of rotatable bonds is 3. The molecular weight excluding hydrogens is 232 g/mol. The van der Waals surface area contributed by atoms with Crippen molar-refractivity contribution in [2.24, 2.45) is 17.6 Å². The van der Waals surface area contributed by atoms with Gasteiger partial charge in [0.25, 0.3) is 0 Å². The van der Waals surface area contributed by atoms with E-state index in [1.54, 1.807) is 0 Å². The molecule has 2 N–H and O–H groups in total. The van der Waals surface area contributed by atoms with Crippen LogP contribution in [0.25, 0.3) is 0 Å². The number of piperidine rings is 1. The summed E-state index contributed by atoms with van der Waals surface area (Å²) in [7, 11) is 0. The van der Waals surface area contributed by atoms with E-state index in [0.717, 1.165) is 24.8 Å². The fraction of sp³-hybridized carbons (Fsp3) is 0.647. The van der Waals surface area contributed by atoms with Gasteiger partial charge in [0.15, 0.2) is 0 Å². The minimum absolute atomic E-state index is 0.149. The minimum Gasteiger partial charge on any atom is -0.368 e. The number of benzene rings is 1. The van der Waals surface area contributed by atoms with Crippen LogP contribution in [0.3, 0.4) is 0 Å². The monoisotopic (exact) mass is 260 g/mol. The van der Waals surface area contributed by atoms with Crippen molar-refractivity contribution in [1.82, 2.24) is 0 Å².